The van der Waals surface area contributed by atoms with Crippen LogP contribution in [0.15, 0.2) is 46.7 Å². The molecule has 0 radical (unpaired) electrons. The minimum Gasteiger partial charge on any atom is -0.494 e. The second kappa shape index (κ2) is 8.84. The molecule has 3 rings (SSSR count). The molecule has 1 aromatic heterocycles. The highest BCUT2D eigenvalue weighted by atomic mass is 32.2. The Bertz CT molecular complexity index is 1110. The summed E-state index contributed by atoms with van der Waals surface area (Å²) in [6, 6.07) is 10.4. The van der Waals surface area contributed by atoms with E-state index in [-0.39, 0.29) is 4.90 Å². The van der Waals surface area contributed by atoms with Crippen LogP contribution in [0.4, 0.5) is 5.69 Å². The minimum atomic E-state index is -3.85. The number of aromatic nitrogens is 1. The molecule has 1 N–H and O–H groups in total. The van der Waals surface area contributed by atoms with Crippen LogP contribution in [0.2, 0.25) is 0 Å². The quantitative estimate of drug-likeness (QED) is 0.540. The van der Waals surface area contributed by atoms with Gasteiger partial charge in [-0.05, 0) is 51.5 Å². The maximum Gasteiger partial charge on any atom is 0.262 e. The average Bonchev–Trinajstić information content (AvgIpc) is 3.10. The molecular weight excluding hydrogens is 408 g/mol. The molecule has 0 spiro atoms. The summed E-state index contributed by atoms with van der Waals surface area (Å²) in [5, 5.41) is 2.85. The Balaban J connectivity index is 2.00. The molecule has 29 heavy (non-hydrogen) atoms. The van der Waals surface area contributed by atoms with Crippen molar-refractivity contribution in [3.05, 3.63) is 52.3 Å². The Morgan fingerprint density at radius 3 is 2.45 bits per heavy atom. The second-order valence-electron chi connectivity index (χ2n) is 6.36. The van der Waals surface area contributed by atoms with Crippen LogP contribution in [0.1, 0.15) is 24.4 Å². The first-order chi connectivity index (χ1) is 13.8. The number of nitrogens with one attached hydrogen (secondary N) is 1. The van der Waals surface area contributed by atoms with Gasteiger partial charge in [-0.25, -0.2) is 13.4 Å². The Morgan fingerprint density at radius 1 is 1.03 bits per heavy atom. The maximum absolute atomic E-state index is 13.2. The van der Waals surface area contributed by atoms with Crippen molar-refractivity contribution in [3.63, 3.8) is 0 Å². The zero-order valence-electron chi connectivity index (χ0n) is 16.9. The summed E-state index contributed by atoms with van der Waals surface area (Å²) in [5.41, 5.74) is 2.50. The van der Waals surface area contributed by atoms with Gasteiger partial charge in [-0.3, -0.25) is 4.72 Å². The van der Waals surface area contributed by atoms with Gasteiger partial charge in [0, 0.05) is 17.0 Å². The number of anilines is 1. The van der Waals surface area contributed by atoms with Crippen molar-refractivity contribution in [2.45, 2.75) is 32.6 Å². The molecule has 8 heteroatoms. The standard InChI is InChI=1S/C21H24N2O4S2/c1-5-26-17-9-10-20(27-6-2)18(12-17)23-29(24,25)21-11-16(8-7-14(21)3)19-13-28-15(4)22-19/h7-13,23H,5-6H2,1-4H3. The number of benzene rings is 2. The van der Waals surface area contributed by atoms with E-state index >= 15 is 0 Å². The van der Waals surface area contributed by atoms with Crippen molar-refractivity contribution in [1.29, 1.82) is 0 Å². The van der Waals surface area contributed by atoms with Gasteiger partial charge in [0.15, 0.2) is 0 Å². The van der Waals surface area contributed by atoms with Crippen molar-refractivity contribution in [1.82, 2.24) is 4.98 Å². The first kappa shape index (κ1) is 21.1. The third kappa shape index (κ3) is 4.89. The number of thiazole rings is 1. The van der Waals surface area contributed by atoms with Crippen molar-refractivity contribution >= 4 is 27.0 Å². The van der Waals surface area contributed by atoms with Crippen LogP contribution in [0.5, 0.6) is 11.5 Å². The van der Waals surface area contributed by atoms with Gasteiger partial charge >= 0.3 is 0 Å². The van der Waals surface area contributed by atoms with E-state index in [0.29, 0.717) is 36.0 Å². The summed E-state index contributed by atoms with van der Waals surface area (Å²) in [6.45, 7) is 8.30. The maximum atomic E-state index is 13.2. The van der Waals surface area contributed by atoms with E-state index in [9.17, 15) is 8.42 Å². The van der Waals surface area contributed by atoms with Gasteiger partial charge < -0.3 is 9.47 Å². The molecule has 0 bridgehead atoms. The molecule has 0 unspecified atom stereocenters. The summed E-state index contributed by atoms with van der Waals surface area (Å²) in [6.07, 6.45) is 0. The lowest BCUT2D eigenvalue weighted by atomic mass is 10.1. The summed E-state index contributed by atoms with van der Waals surface area (Å²) < 4.78 is 40.2. The van der Waals surface area contributed by atoms with Crippen LogP contribution >= 0.6 is 11.3 Å². The van der Waals surface area contributed by atoms with Crippen molar-refractivity contribution in [2.75, 3.05) is 17.9 Å². The Hall–Kier alpha value is -2.58. The van der Waals surface area contributed by atoms with E-state index in [1.54, 1.807) is 37.3 Å². The smallest absolute Gasteiger partial charge is 0.262 e. The second-order valence-corrected chi connectivity index (χ2v) is 9.07. The van der Waals surface area contributed by atoms with Crippen molar-refractivity contribution < 1.29 is 17.9 Å². The van der Waals surface area contributed by atoms with E-state index in [1.165, 1.54) is 11.3 Å². The fourth-order valence-electron chi connectivity index (χ4n) is 2.87. The predicted octanol–water partition coefficient (Wildman–Crippen LogP) is 5.03. The number of hydrogen-bond donors (Lipinski definition) is 1. The molecule has 0 fully saturated rings. The highest BCUT2D eigenvalue weighted by Crippen LogP contribution is 2.33. The molecule has 0 aliphatic heterocycles. The highest BCUT2D eigenvalue weighted by molar-refractivity contribution is 7.92. The molecule has 6 nitrogen and oxygen atoms in total. The molecule has 0 saturated carbocycles. The largest absolute Gasteiger partial charge is 0.494 e. The summed E-state index contributed by atoms with van der Waals surface area (Å²) >= 11 is 1.53. The molecule has 3 aromatic rings. The molecule has 0 aliphatic rings. The van der Waals surface area contributed by atoms with Gasteiger partial charge in [-0.1, -0.05) is 12.1 Å². The zero-order chi connectivity index (χ0) is 21.0. The fourth-order valence-corrected chi connectivity index (χ4v) is 4.83. The summed E-state index contributed by atoms with van der Waals surface area (Å²) in [7, 11) is -3.85. The van der Waals surface area contributed by atoms with Gasteiger partial charge in [-0.15, -0.1) is 11.3 Å². The number of nitrogens with zero attached hydrogens (tertiary/aromatic N) is 1. The lowest BCUT2D eigenvalue weighted by Crippen LogP contribution is -2.15. The van der Waals surface area contributed by atoms with E-state index in [4.69, 9.17) is 9.47 Å². The Labute approximate surface area is 175 Å². The van der Waals surface area contributed by atoms with Crippen LogP contribution in [0.25, 0.3) is 11.3 Å². The number of rotatable bonds is 8. The Morgan fingerprint density at radius 2 is 1.79 bits per heavy atom. The van der Waals surface area contributed by atoms with E-state index in [2.05, 4.69) is 9.71 Å². The van der Waals surface area contributed by atoms with Gasteiger partial charge in [0.25, 0.3) is 10.0 Å². The van der Waals surface area contributed by atoms with Crippen LogP contribution < -0.4 is 14.2 Å². The molecular formula is C21H24N2O4S2. The van der Waals surface area contributed by atoms with Gasteiger partial charge in [-0.2, -0.15) is 0 Å². The third-order valence-electron chi connectivity index (χ3n) is 4.20. The Kier molecular flexibility index (Phi) is 6.44. The van der Waals surface area contributed by atoms with Gasteiger partial charge in [0.1, 0.15) is 11.5 Å². The zero-order valence-corrected chi connectivity index (χ0v) is 18.5. The molecule has 154 valence electrons. The SMILES string of the molecule is CCOc1ccc(OCC)c(NS(=O)(=O)c2cc(-c3csc(C)n3)ccc2C)c1. The molecule has 2 aromatic carbocycles. The number of ether oxygens (including phenoxy) is 2. The van der Waals surface area contributed by atoms with Crippen LogP contribution in [-0.2, 0) is 10.0 Å². The lowest BCUT2D eigenvalue weighted by Gasteiger charge is -2.16. The van der Waals surface area contributed by atoms with E-state index in [0.717, 1.165) is 16.3 Å². The number of aryl methyl sites for hydroxylation is 2. The highest BCUT2D eigenvalue weighted by Gasteiger charge is 2.21. The van der Waals surface area contributed by atoms with Crippen LogP contribution in [0, 0.1) is 13.8 Å². The number of sulfonamides is 1. The molecule has 1 heterocycles. The molecule has 0 aliphatic carbocycles. The lowest BCUT2D eigenvalue weighted by molar-refractivity contribution is 0.332. The first-order valence-corrected chi connectivity index (χ1v) is 11.7. The van der Waals surface area contributed by atoms with Gasteiger partial charge in [0.05, 0.1) is 34.5 Å². The number of hydrogen-bond acceptors (Lipinski definition) is 6. The molecule has 0 saturated heterocycles. The van der Waals surface area contributed by atoms with Crippen LogP contribution in [-0.4, -0.2) is 26.6 Å². The van der Waals surface area contributed by atoms with E-state index < -0.39 is 10.0 Å². The van der Waals surface area contributed by atoms with Gasteiger partial charge in [0.2, 0.25) is 0 Å². The average molecular weight is 433 g/mol. The summed E-state index contributed by atoms with van der Waals surface area (Å²) in [5.74, 6) is 1.01. The predicted molar refractivity (Wildman–Crippen MR) is 117 cm³/mol. The molecule has 0 amide bonds. The van der Waals surface area contributed by atoms with Crippen molar-refractivity contribution in [3.8, 4) is 22.8 Å². The monoisotopic (exact) mass is 432 g/mol. The van der Waals surface area contributed by atoms with Crippen LogP contribution in [0.3, 0.4) is 0 Å². The molecule has 0 atom stereocenters. The fraction of sp³-hybridized carbons (Fsp3) is 0.286. The third-order valence-corrected chi connectivity index (χ3v) is 6.48. The van der Waals surface area contributed by atoms with Crippen molar-refractivity contribution in [2.24, 2.45) is 0 Å². The topological polar surface area (TPSA) is 77.5 Å². The van der Waals surface area contributed by atoms with E-state index in [1.807, 2.05) is 32.2 Å². The normalized spacial score (nSPS) is 11.3. The minimum absolute atomic E-state index is 0.199. The summed E-state index contributed by atoms with van der Waals surface area (Å²) in [4.78, 5) is 4.65. The first-order valence-electron chi connectivity index (χ1n) is 9.29.